The lowest BCUT2D eigenvalue weighted by atomic mass is 9.96. The Hall–Kier alpha value is -6.47. The van der Waals surface area contributed by atoms with Gasteiger partial charge in [0.05, 0.1) is 11.2 Å². The van der Waals surface area contributed by atoms with E-state index in [9.17, 15) is 0 Å². The summed E-state index contributed by atoms with van der Waals surface area (Å²) in [6, 6.07) is 72.3. The molecule has 2 nitrogen and oxygen atoms in total. The van der Waals surface area contributed by atoms with Crippen LogP contribution in [0.2, 0.25) is 0 Å². The average molecular weight is 696 g/mol. The largest absolute Gasteiger partial charge is 0.309 e. The number of hydrogen-bond donors (Lipinski definition) is 0. The Balaban J connectivity index is 1.29. The van der Waals surface area contributed by atoms with Crippen molar-refractivity contribution in [2.45, 2.75) is 0 Å². The molecule has 8 aromatic carbocycles. The van der Waals surface area contributed by atoms with Gasteiger partial charge >= 0.3 is 0 Å². The van der Waals surface area contributed by atoms with Gasteiger partial charge in [0.15, 0.2) is 7.14 Å². The van der Waals surface area contributed by atoms with Crippen molar-refractivity contribution in [1.82, 2.24) is 4.57 Å². The number of fused-ring (bicyclic) bond motifs is 7. The lowest BCUT2D eigenvalue weighted by Gasteiger charge is -2.22. The highest BCUT2D eigenvalue weighted by Gasteiger charge is 2.39. The zero-order chi connectivity index (χ0) is 35.4. The number of hydrogen-bond acceptors (Lipinski definition) is 1. The third kappa shape index (κ3) is 5.06. The summed E-state index contributed by atoms with van der Waals surface area (Å²) in [6.07, 6.45) is 0. The fourth-order valence-electron chi connectivity index (χ4n) is 8.18. The molecule has 3 heteroatoms. The van der Waals surface area contributed by atoms with Gasteiger partial charge in [-0.25, -0.2) is 0 Å². The monoisotopic (exact) mass is 695 g/mol. The molecule has 0 aliphatic carbocycles. The van der Waals surface area contributed by atoms with Crippen molar-refractivity contribution in [1.29, 1.82) is 0 Å². The molecule has 0 spiro atoms. The summed E-state index contributed by atoms with van der Waals surface area (Å²) in [5, 5.41) is 3.70. The minimum atomic E-state index is -3.29. The highest BCUT2D eigenvalue weighted by atomic mass is 31.2. The molecule has 0 fully saturated rings. The van der Waals surface area contributed by atoms with Gasteiger partial charge in [0.1, 0.15) is 0 Å². The van der Waals surface area contributed by atoms with Crippen molar-refractivity contribution in [2.75, 3.05) is 0 Å². The fraction of sp³-hybridized carbons (Fsp3) is 0. The maximum atomic E-state index is 16.0. The van der Waals surface area contributed by atoms with Crippen LogP contribution in [0.4, 0.5) is 0 Å². The molecule has 250 valence electrons. The van der Waals surface area contributed by atoms with E-state index in [4.69, 9.17) is 0 Å². The first-order valence-electron chi connectivity index (χ1n) is 18.0. The molecule has 9 aromatic rings. The normalized spacial score (nSPS) is 14.6. The third-order valence-electron chi connectivity index (χ3n) is 10.6. The molecule has 0 radical (unpaired) electrons. The van der Waals surface area contributed by atoms with Crippen LogP contribution >= 0.6 is 7.14 Å². The summed E-state index contributed by atoms with van der Waals surface area (Å²) < 4.78 is 18.5. The van der Waals surface area contributed by atoms with Gasteiger partial charge in [-0.15, -0.1) is 0 Å². The van der Waals surface area contributed by atoms with Crippen molar-refractivity contribution in [3.05, 3.63) is 206 Å². The van der Waals surface area contributed by atoms with Crippen LogP contribution in [0, 0.1) is 0 Å². The topological polar surface area (TPSA) is 22.0 Å². The summed E-state index contributed by atoms with van der Waals surface area (Å²) in [4.78, 5) is 0. The van der Waals surface area contributed by atoms with Crippen LogP contribution in [-0.4, -0.2) is 4.57 Å². The van der Waals surface area contributed by atoms with E-state index in [2.05, 4.69) is 168 Å². The Bertz CT molecular complexity index is 2840. The van der Waals surface area contributed by atoms with Crippen LogP contribution in [0.3, 0.4) is 0 Å². The Morgan fingerprint density at radius 3 is 1.47 bits per heavy atom. The van der Waals surface area contributed by atoms with E-state index in [0.717, 1.165) is 77.1 Å². The first-order chi connectivity index (χ1) is 26.2. The number of benzene rings is 8. The van der Waals surface area contributed by atoms with Crippen molar-refractivity contribution < 1.29 is 4.57 Å². The second-order valence-electron chi connectivity index (χ2n) is 13.6. The van der Waals surface area contributed by atoms with Crippen molar-refractivity contribution in [2.24, 2.45) is 0 Å². The van der Waals surface area contributed by atoms with Gasteiger partial charge in [0, 0.05) is 38.1 Å². The zero-order valence-electron chi connectivity index (χ0n) is 28.9. The molecule has 0 bridgehead atoms. The van der Waals surface area contributed by atoms with E-state index < -0.39 is 7.14 Å². The summed E-state index contributed by atoms with van der Waals surface area (Å²) in [6.45, 7) is 0. The molecule has 10 rings (SSSR count). The van der Waals surface area contributed by atoms with Crippen molar-refractivity contribution in [3.8, 4) is 61.5 Å². The highest BCUT2D eigenvalue weighted by molar-refractivity contribution is 7.85. The molecule has 1 aliphatic heterocycles. The van der Waals surface area contributed by atoms with Crippen LogP contribution in [0.5, 0.6) is 0 Å². The Labute approximate surface area is 309 Å². The maximum Gasteiger partial charge on any atom is 0.172 e. The standard InChI is InChI=1S/C50H34NOP/c52-53(42-20-8-3-9-21-42)47-26-14-11-23-44(47)49-43-22-10-13-25-46(43)51(50(49)45-24-12-15-27-48(45)53)41-33-39(36-18-6-2-7-19-36)32-40(34-41)38-30-28-37(29-31-38)35-16-4-1-5-17-35/h1-34H. The summed E-state index contributed by atoms with van der Waals surface area (Å²) in [5.74, 6) is 0. The van der Waals surface area contributed by atoms with Gasteiger partial charge in [0.2, 0.25) is 0 Å². The lowest BCUT2D eigenvalue weighted by Crippen LogP contribution is -2.26. The van der Waals surface area contributed by atoms with Crippen LogP contribution in [0.1, 0.15) is 0 Å². The second kappa shape index (κ2) is 12.6. The van der Waals surface area contributed by atoms with E-state index in [0.29, 0.717) is 0 Å². The van der Waals surface area contributed by atoms with Gasteiger partial charge in [-0.2, -0.15) is 0 Å². The Morgan fingerprint density at radius 2 is 0.830 bits per heavy atom. The second-order valence-corrected chi connectivity index (χ2v) is 16.3. The van der Waals surface area contributed by atoms with Crippen molar-refractivity contribution >= 4 is 34.0 Å². The van der Waals surface area contributed by atoms with Gasteiger partial charge < -0.3 is 9.13 Å². The van der Waals surface area contributed by atoms with E-state index in [1.807, 2.05) is 42.5 Å². The van der Waals surface area contributed by atoms with E-state index in [1.54, 1.807) is 0 Å². The molecule has 2 heterocycles. The smallest absolute Gasteiger partial charge is 0.172 e. The van der Waals surface area contributed by atoms with Crippen LogP contribution < -0.4 is 15.9 Å². The molecule has 0 amide bonds. The third-order valence-corrected chi connectivity index (χ3v) is 13.8. The summed E-state index contributed by atoms with van der Waals surface area (Å²) in [5.41, 5.74) is 13.3. The fourth-order valence-corrected chi connectivity index (χ4v) is 11.2. The van der Waals surface area contributed by atoms with Gasteiger partial charge in [-0.05, 0) is 63.2 Å². The molecule has 0 saturated heterocycles. The lowest BCUT2D eigenvalue weighted by molar-refractivity contribution is 0.592. The molecular formula is C50H34NOP. The molecular weight excluding hydrogens is 662 g/mol. The Kier molecular flexibility index (Phi) is 7.46. The Morgan fingerprint density at radius 1 is 0.377 bits per heavy atom. The first-order valence-corrected chi connectivity index (χ1v) is 19.7. The van der Waals surface area contributed by atoms with E-state index in [1.165, 1.54) is 11.1 Å². The molecule has 1 aromatic heterocycles. The molecule has 53 heavy (non-hydrogen) atoms. The first kappa shape index (κ1) is 31.3. The minimum Gasteiger partial charge on any atom is -0.309 e. The molecule has 1 atom stereocenters. The van der Waals surface area contributed by atoms with Crippen LogP contribution in [0.15, 0.2) is 206 Å². The predicted molar refractivity (Wildman–Crippen MR) is 223 cm³/mol. The minimum absolute atomic E-state index is 0.841. The average Bonchev–Trinajstić information content (AvgIpc) is 3.55. The molecule has 1 unspecified atom stereocenters. The quantitative estimate of drug-likeness (QED) is 0.164. The number of para-hydroxylation sites is 1. The molecule has 1 aliphatic rings. The summed E-state index contributed by atoms with van der Waals surface area (Å²) in [7, 11) is -3.29. The predicted octanol–water partition coefficient (Wildman–Crippen LogP) is 11.9. The van der Waals surface area contributed by atoms with Crippen LogP contribution in [0.25, 0.3) is 72.4 Å². The van der Waals surface area contributed by atoms with Crippen LogP contribution in [-0.2, 0) is 4.57 Å². The SMILES string of the molecule is O=P1(c2ccccc2)c2ccccc2-c2c(n(-c3cc(-c4ccccc4)cc(-c4ccc(-c5ccccc5)cc4)c3)c3ccccc23)-c2ccccc21. The van der Waals surface area contributed by atoms with Gasteiger partial charge in [0.25, 0.3) is 0 Å². The number of nitrogens with zero attached hydrogens (tertiary/aromatic N) is 1. The van der Waals surface area contributed by atoms with Crippen molar-refractivity contribution in [3.63, 3.8) is 0 Å². The van der Waals surface area contributed by atoms with E-state index in [-0.39, 0.29) is 0 Å². The molecule has 0 N–H and O–H groups in total. The van der Waals surface area contributed by atoms with Gasteiger partial charge in [-0.3, -0.25) is 0 Å². The summed E-state index contributed by atoms with van der Waals surface area (Å²) >= 11 is 0. The highest BCUT2D eigenvalue weighted by Crippen LogP contribution is 2.54. The number of aromatic nitrogens is 1. The zero-order valence-corrected chi connectivity index (χ0v) is 29.8. The maximum absolute atomic E-state index is 16.0. The van der Waals surface area contributed by atoms with Gasteiger partial charge in [-0.1, -0.05) is 182 Å². The molecule has 0 saturated carbocycles. The number of rotatable bonds is 5. The van der Waals surface area contributed by atoms with E-state index >= 15 is 4.57 Å².